The lowest BCUT2D eigenvalue weighted by molar-refractivity contribution is -0.385. The Morgan fingerprint density at radius 1 is 1.54 bits per heavy atom. The first-order valence-corrected chi connectivity index (χ1v) is 3.20. The van der Waals surface area contributed by atoms with Crippen LogP contribution in [0.25, 0.3) is 0 Å². The lowest BCUT2D eigenvalue weighted by atomic mass is 10.3. The molecule has 0 saturated carbocycles. The highest BCUT2D eigenvalue weighted by Gasteiger charge is 2.09. The van der Waals surface area contributed by atoms with Crippen LogP contribution in [-0.4, -0.2) is 11.5 Å². The Hall–Kier alpha value is -1.72. The third-order valence-corrected chi connectivity index (χ3v) is 1.18. The predicted molar refractivity (Wildman–Crippen MR) is 38.6 cm³/mol. The normalized spacial score (nSPS) is 10.1. The number of nitrogens with zero attached hydrogens (tertiary/aromatic N) is 1. The molecule has 0 aliphatic heterocycles. The minimum absolute atomic E-state index is 0.274. The van der Waals surface area contributed by atoms with Gasteiger partial charge >= 0.3 is 6.61 Å². The van der Waals surface area contributed by atoms with Gasteiger partial charge in [-0.15, -0.1) is 0 Å². The largest absolute Gasteiger partial charge is 0.435 e. The zero-order chi connectivity index (χ0) is 9.84. The number of hydrogen-bond donors (Lipinski definition) is 0. The number of hydrogen-bond acceptors (Lipinski definition) is 3. The van der Waals surface area contributed by atoms with Crippen molar-refractivity contribution >= 4 is 5.69 Å². The Labute approximate surface area is 71.9 Å². The Kier molecular flexibility index (Phi) is 2.73. The molecule has 6 heteroatoms. The summed E-state index contributed by atoms with van der Waals surface area (Å²) in [5.41, 5.74) is -0.335. The van der Waals surface area contributed by atoms with Gasteiger partial charge < -0.3 is 4.74 Å². The summed E-state index contributed by atoms with van der Waals surface area (Å²) in [6.07, 6.45) is 0. The van der Waals surface area contributed by atoms with E-state index < -0.39 is 11.5 Å². The number of benzene rings is 1. The highest BCUT2D eigenvalue weighted by atomic mass is 19.3. The van der Waals surface area contributed by atoms with Crippen LogP contribution in [-0.2, 0) is 0 Å². The average Bonchev–Trinajstić information content (AvgIpc) is 2.03. The van der Waals surface area contributed by atoms with Crippen LogP contribution in [0, 0.1) is 16.2 Å². The summed E-state index contributed by atoms with van der Waals surface area (Å²) in [7, 11) is 0. The van der Waals surface area contributed by atoms with Crippen molar-refractivity contribution in [2.45, 2.75) is 6.61 Å². The van der Waals surface area contributed by atoms with Crippen molar-refractivity contribution in [3.8, 4) is 5.75 Å². The number of halogens is 2. The molecule has 0 unspecified atom stereocenters. The van der Waals surface area contributed by atoms with Crippen molar-refractivity contribution in [3.05, 3.63) is 34.4 Å². The number of alkyl halides is 2. The lowest BCUT2D eigenvalue weighted by Gasteiger charge is -2.02. The molecule has 0 heterocycles. The molecule has 0 aliphatic rings. The minimum Gasteiger partial charge on any atom is -0.435 e. The molecular formula is C7H4F2NO3. The number of nitro benzene ring substituents is 1. The first kappa shape index (κ1) is 9.37. The third-order valence-electron chi connectivity index (χ3n) is 1.18. The van der Waals surface area contributed by atoms with Crippen LogP contribution in [0.4, 0.5) is 14.5 Å². The molecule has 0 fully saturated rings. The fourth-order valence-corrected chi connectivity index (χ4v) is 0.715. The zero-order valence-electron chi connectivity index (χ0n) is 6.24. The molecule has 0 N–H and O–H groups in total. The van der Waals surface area contributed by atoms with E-state index in [2.05, 4.69) is 10.8 Å². The molecule has 4 nitrogen and oxygen atoms in total. The zero-order valence-corrected chi connectivity index (χ0v) is 6.24. The quantitative estimate of drug-likeness (QED) is 0.538. The Morgan fingerprint density at radius 3 is 2.77 bits per heavy atom. The minimum atomic E-state index is -2.99. The van der Waals surface area contributed by atoms with E-state index in [1.165, 1.54) is 0 Å². The Balaban J connectivity index is 2.85. The second-order valence-electron chi connectivity index (χ2n) is 2.06. The van der Waals surface area contributed by atoms with Gasteiger partial charge in [0.05, 0.1) is 11.0 Å². The van der Waals surface area contributed by atoms with Gasteiger partial charge in [0.15, 0.2) is 0 Å². The van der Waals surface area contributed by atoms with Gasteiger partial charge in [-0.25, -0.2) is 0 Å². The number of non-ortho nitro benzene ring substituents is 1. The van der Waals surface area contributed by atoms with Gasteiger partial charge in [0.2, 0.25) is 0 Å². The van der Waals surface area contributed by atoms with Crippen molar-refractivity contribution in [1.82, 2.24) is 0 Å². The highest BCUT2D eigenvalue weighted by Crippen LogP contribution is 2.20. The predicted octanol–water partition coefficient (Wildman–Crippen LogP) is 2.00. The van der Waals surface area contributed by atoms with Crippen molar-refractivity contribution < 1.29 is 18.4 Å². The standard InChI is InChI=1S/C7H4F2NO3/c8-7(9)13-6-3-1-2-5(4-6)10(11)12/h2-4,7H. The first-order chi connectivity index (χ1) is 6.09. The summed E-state index contributed by atoms with van der Waals surface area (Å²) in [6.45, 7) is -2.99. The average molecular weight is 188 g/mol. The van der Waals surface area contributed by atoms with E-state index in [9.17, 15) is 18.9 Å². The number of nitro groups is 1. The third kappa shape index (κ3) is 2.66. The molecule has 0 saturated heterocycles. The highest BCUT2D eigenvalue weighted by molar-refractivity contribution is 5.37. The van der Waals surface area contributed by atoms with E-state index >= 15 is 0 Å². The molecule has 0 amide bonds. The maximum atomic E-state index is 11.6. The molecule has 1 radical (unpaired) electrons. The van der Waals surface area contributed by atoms with Gasteiger partial charge in [-0.2, -0.15) is 8.78 Å². The van der Waals surface area contributed by atoms with Gasteiger partial charge in [0.1, 0.15) is 5.75 Å². The Bertz CT molecular complexity index is 316. The van der Waals surface area contributed by atoms with Crippen LogP contribution < -0.4 is 4.74 Å². The number of rotatable bonds is 3. The summed E-state index contributed by atoms with van der Waals surface area (Å²) in [4.78, 5) is 9.47. The lowest BCUT2D eigenvalue weighted by Crippen LogP contribution is -2.02. The fraction of sp³-hybridized carbons (Fsp3) is 0.143. The van der Waals surface area contributed by atoms with Gasteiger partial charge in [0.25, 0.3) is 5.69 Å². The molecule has 69 valence electrons. The van der Waals surface area contributed by atoms with Gasteiger partial charge in [-0.05, 0) is 12.1 Å². The van der Waals surface area contributed by atoms with Crippen LogP contribution in [0.1, 0.15) is 0 Å². The maximum Gasteiger partial charge on any atom is 0.387 e. The molecule has 0 atom stereocenters. The molecule has 1 aromatic rings. The molecular weight excluding hydrogens is 184 g/mol. The van der Waals surface area contributed by atoms with Crippen LogP contribution >= 0.6 is 0 Å². The topological polar surface area (TPSA) is 52.4 Å². The van der Waals surface area contributed by atoms with Crippen LogP contribution in [0.2, 0.25) is 0 Å². The van der Waals surface area contributed by atoms with Crippen molar-refractivity contribution in [3.63, 3.8) is 0 Å². The monoisotopic (exact) mass is 188 g/mol. The van der Waals surface area contributed by atoms with E-state index in [-0.39, 0.29) is 11.4 Å². The first-order valence-electron chi connectivity index (χ1n) is 3.20. The van der Waals surface area contributed by atoms with E-state index in [0.717, 1.165) is 18.2 Å². The van der Waals surface area contributed by atoms with Crippen molar-refractivity contribution in [2.75, 3.05) is 0 Å². The van der Waals surface area contributed by atoms with Gasteiger partial charge in [0, 0.05) is 6.07 Å². The molecule has 0 spiro atoms. The summed E-state index contributed by atoms with van der Waals surface area (Å²) < 4.78 is 27.2. The van der Waals surface area contributed by atoms with E-state index in [1.54, 1.807) is 0 Å². The van der Waals surface area contributed by atoms with Crippen LogP contribution in [0.5, 0.6) is 5.75 Å². The smallest absolute Gasteiger partial charge is 0.387 e. The van der Waals surface area contributed by atoms with Crippen molar-refractivity contribution in [1.29, 1.82) is 0 Å². The van der Waals surface area contributed by atoms with E-state index in [4.69, 9.17) is 0 Å². The molecule has 13 heavy (non-hydrogen) atoms. The van der Waals surface area contributed by atoms with E-state index in [1.807, 2.05) is 0 Å². The summed E-state index contributed by atoms with van der Waals surface area (Å²) in [5, 5.41) is 10.2. The fourth-order valence-electron chi connectivity index (χ4n) is 0.715. The molecule has 1 aromatic carbocycles. The molecule has 0 aromatic heterocycles. The summed E-state index contributed by atoms with van der Waals surface area (Å²) >= 11 is 0. The Morgan fingerprint density at radius 2 is 2.23 bits per heavy atom. The second kappa shape index (κ2) is 3.79. The molecule has 1 rings (SSSR count). The summed E-state index contributed by atoms with van der Waals surface area (Å²) in [5.74, 6) is -0.274. The second-order valence-corrected chi connectivity index (χ2v) is 2.06. The van der Waals surface area contributed by atoms with Crippen LogP contribution in [0.15, 0.2) is 18.2 Å². The van der Waals surface area contributed by atoms with Gasteiger partial charge in [-0.1, -0.05) is 0 Å². The van der Waals surface area contributed by atoms with E-state index in [0.29, 0.717) is 0 Å². The molecule has 0 bridgehead atoms. The van der Waals surface area contributed by atoms with Crippen molar-refractivity contribution in [2.24, 2.45) is 0 Å². The maximum absolute atomic E-state index is 11.6. The number of ether oxygens (including phenoxy) is 1. The summed E-state index contributed by atoms with van der Waals surface area (Å²) in [6, 6.07) is 5.39. The SMILES string of the molecule is O=[N+]([O-])c1c[c]cc(OC(F)F)c1. The van der Waals surface area contributed by atoms with Crippen LogP contribution in [0.3, 0.4) is 0 Å². The van der Waals surface area contributed by atoms with Gasteiger partial charge in [-0.3, -0.25) is 10.1 Å². The molecule has 0 aliphatic carbocycles.